The van der Waals surface area contributed by atoms with Crippen molar-refractivity contribution in [1.82, 2.24) is 15.0 Å². The number of hydrogen-bond donors (Lipinski definition) is 2. The van der Waals surface area contributed by atoms with E-state index >= 15 is 0 Å². The van der Waals surface area contributed by atoms with Gasteiger partial charge in [-0.05, 0) is 30.7 Å². The van der Waals surface area contributed by atoms with Crippen LogP contribution in [0.5, 0.6) is 0 Å². The summed E-state index contributed by atoms with van der Waals surface area (Å²) in [4.78, 5) is 14.8. The Morgan fingerprint density at radius 2 is 2.13 bits per heavy atom. The van der Waals surface area contributed by atoms with Gasteiger partial charge in [0.05, 0.1) is 25.0 Å². The summed E-state index contributed by atoms with van der Waals surface area (Å²) < 4.78 is 33.6. The van der Waals surface area contributed by atoms with E-state index in [9.17, 15) is 8.78 Å². The number of anilines is 1. The maximum absolute atomic E-state index is 14.7. The Bertz CT molecular complexity index is 1150. The summed E-state index contributed by atoms with van der Waals surface area (Å²) >= 11 is 0. The Kier molecular flexibility index (Phi) is 5.37. The lowest BCUT2D eigenvalue weighted by Crippen LogP contribution is -2.44. The van der Waals surface area contributed by atoms with Crippen molar-refractivity contribution in [3.63, 3.8) is 0 Å². The van der Waals surface area contributed by atoms with Gasteiger partial charge in [0, 0.05) is 42.2 Å². The summed E-state index contributed by atoms with van der Waals surface area (Å²) in [6.45, 7) is 3.71. The number of hydrogen-bond acceptors (Lipinski definition) is 7. The van der Waals surface area contributed by atoms with Gasteiger partial charge in [0.15, 0.2) is 0 Å². The zero-order chi connectivity index (χ0) is 21.3. The van der Waals surface area contributed by atoms with Crippen molar-refractivity contribution in [2.75, 3.05) is 24.7 Å². The lowest BCUT2D eigenvalue weighted by molar-refractivity contribution is 0.0986. The van der Waals surface area contributed by atoms with Gasteiger partial charge in [-0.15, -0.1) is 0 Å². The molecule has 3 aromatic heterocycles. The van der Waals surface area contributed by atoms with Gasteiger partial charge in [-0.3, -0.25) is 4.98 Å². The van der Waals surface area contributed by atoms with Crippen LogP contribution in [0.1, 0.15) is 12.6 Å². The summed E-state index contributed by atoms with van der Waals surface area (Å²) in [5, 5.41) is 7.90. The average molecular weight is 410 g/mol. The van der Waals surface area contributed by atoms with Crippen LogP contribution in [-0.4, -0.2) is 47.0 Å². The SMILES string of the molecule is CC1COCCN1c1cc(-c2cnc(F)cc2F)c2ccnc(/C(N)=C/C=N)c2n1. The Hall–Kier alpha value is -3.46. The van der Waals surface area contributed by atoms with E-state index in [4.69, 9.17) is 20.9 Å². The van der Waals surface area contributed by atoms with Crippen LogP contribution in [-0.2, 0) is 4.74 Å². The van der Waals surface area contributed by atoms with E-state index in [-0.39, 0.29) is 17.3 Å². The van der Waals surface area contributed by atoms with E-state index in [0.29, 0.717) is 47.7 Å². The Labute approximate surface area is 171 Å². The number of rotatable bonds is 4. The topological polar surface area (TPSA) is 101 Å². The van der Waals surface area contributed by atoms with Crippen molar-refractivity contribution < 1.29 is 13.5 Å². The second-order valence-electron chi connectivity index (χ2n) is 6.98. The standard InChI is InChI=1S/C21H20F2N6O/c1-12-11-30-7-6-29(12)19-8-14(15-10-27-18(23)9-16(15)22)13-3-5-26-21(20(13)28-19)17(25)2-4-24/h2-5,8-10,12,24H,6-7,11,25H2,1H3/b17-2-,24-4?. The zero-order valence-electron chi connectivity index (χ0n) is 16.3. The van der Waals surface area contributed by atoms with Crippen LogP contribution in [0.4, 0.5) is 14.6 Å². The molecule has 0 spiro atoms. The van der Waals surface area contributed by atoms with E-state index in [2.05, 4.69) is 14.9 Å². The molecule has 4 heterocycles. The molecule has 0 bridgehead atoms. The minimum Gasteiger partial charge on any atom is -0.397 e. The summed E-state index contributed by atoms with van der Waals surface area (Å²) in [5.41, 5.74) is 7.87. The average Bonchev–Trinajstić information content (AvgIpc) is 2.73. The number of ether oxygens (including phenoxy) is 1. The Balaban J connectivity index is 2.02. The minimum atomic E-state index is -0.892. The van der Waals surface area contributed by atoms with Crippen LogP contribution in [0.25, 0.3) is 27.7 Å². The van der Waals surface area contributed by atoms with Gasteiger partial charge in [0.2, 0.25) is 5.95 Å². The molecule has 0 radical (unpaired) electrons. The quantitative estimate of drug-likeness (QED) is 0.506. The third kappa shape index (κ3) is 3.59. The fourth-order valence-corrected chi connectivity index (χ4v) is 3.56. The van der Waals surface area contributed by atoms with Gasteiger partial charge in [0.25, 0.3) is 0 Å². The molecule has 0 saturated carbocycles. The third-order valence-electron chi connectivity index (χ3n) is 5.02. The number of fused-ring (bicyclic) bond motifs is 1. The van der Waals surface area contributed by atoms with E-state index in [1.807, 2.05) is 6.92 Å². The molecular weight excluding hydrogens is 390 g/mol. The summed E-state index contributed by atoms with van der Waals surface area (Å²) in [6.07, 6.45) is 5.18. The maximum atomic E-state index is 14.7. The number of nitrogens with one attached hydrogen (secondary N) is 1. The first-order valence-electron chi connectivity index (χ1n) is 9.41. The smallest absolute Gasteiger partial charge is 0.215 e. The first-order chi connectivity index (χ1) is 14.5. The molecule has 0 aromatic carbocycles. The molecule has 1 fully saturated rings. The Morgan fingerprint density at radius 1 is 1.30 bits per heavy atom. The first kappa shape index (κ1) is 19.8. The first-order valence-corrected chi connectivity index (χ1v) is 9.41. The number of allylic oxidation sites excluding steroid dienone is 1. The van der Waals surface area contributed by atoms with Crippen LogP contribution < -0.4 is 10.6 Å². The van der Waals surface area contributed by atoms with Crippen LogP contribution in [0.2, 0.25) is 0 Å². The number of nitrogens with two attached hydrogens (primary N) is 1. The molecular formula is C21H20F2N6O. The van der Waals surface area contributed by atoms with E-state index in [1.54, 1.807) is 18.3 Å². The largest absolute Gasteiger partial charge is 0.397 e. The highest BCUT2D eigenvalue weighted by Crippen LogP contribution is 2.35. The van der Waals surface area contributed by atoms with Crippen molar-refractivity contribution in [1.29, 1.82) is 5.41 Å². The molecule has 1 unspecified atom stereocenters. The van der Waals surface area contributed by atoms with Gasteiger partial charge in [-0.25, -0.2) is 14.4 Å². The van der Waals surface area contributed by atoms with Gasteiger partial charge in [-0.1, -0.05) is 0 Å². The lowest BCUT2D eigenvalue weighted by atomic mass is 10.0. The van der Waals surface area contributed by atoms with E-state index in [1.165, 1.54) is 12.3 Å². The lowest BCUT2D eigenvalue weighted by Gasteiger charge is -2.34. The summed E-state index contributed by atoms with van der Waals surface area (Å²) in [7, 11) is 0. The predicted molar refractivity (Wildman–Crippen MR) is 111 cm³/mol. The summed E-state index contributed by atoms with van der Waals surface area (Å²) in [6, 6.07) is 4.28. The molecule has 3 aromatic rings. The summed E-state index contributed by atoms with van der Waals surface area (Å²) in [5.74, 6) is -1.01. The predicted octanol–water partition coefficient (Wildman–Crippen LogP) is 3.14. The minimum absolute atomic E-state index is 0.0577. The maximum Gasteiger partial charge on any atom is 0.215 e. The molecule has 0 aliphatic carbocycles. The molecule has 154 valence electrons. The number of nitrogens with zero attached hydrogens (tertiary/aromatic N) is 4. The second-order valence-corrected chi connectivity index (χ2v) is 6.98. The monoisotopic (exact) mass is 410 g/mol. The van der Waals surface area contributed by atoms with E-state index in [0.717, 1.165) is 12.3 Å². The highest BCUT2D eigenvalue weighted by Gasteiger charge is 2.23. The highest BCUT2D eigenvalue weighted by atomic mass is 19.1. The van der Waals surface area contributed by atoms with Crippen LogP contribution in [0.15, 0.2) is 36.7 Å². The molecule has 3 N–H and O–H groups in total. The fraction of sp³-hybridized carbons (Fsp3) is 0.238. The third-order valence-corrected chi connectivity index (χ3v) is 5.02. The van der Waals surface area contributed by atoms with Crippen LogP contribution >= 0.6 is 0 Å². The van der Waals surface area contributed by atoms with Crippen LogP contribution in [0, 0.1) is 17.2 Å². The molecule has 9 heteroatoms. The molecule has 0 amide bonds. The fourth-order valence-electron chi connectivity index (χ4n) is 3.56. The Morgan fingerprint density at radius 3 is 2.87 bits per heavy atom. The van der Waals surface area contributed by atoms with Crippen LogP contribution in [0.3, 0.4) is 0 Å². The van der Waals surface area contributed by atoms with Crippen molar-refractivity contribution >= 4 is 28.6 Å². The van der Waals surface area contributed by atoms with Crippen molar-refractivity contribution in [3.8, 4) is 11.1 Å². The number of halogens is 2. The van der Waals surface area contributed by atoms with Gasteiger partial charge in [-0.2, -0.15) is 4.39 Å². The van der Waals surface area contributed by atoms with Crippen molar-refractivity contribution in [2.24, 2.45) is 5.73 Å². The van der Waals surface area contributed by atoms with Gasteiger partial charge in [0.1, 0.15) is 22.8 Å². The van der Waals surface area contributed by atoms with Gasteiger partial charge < -0.3 is 20.8 Å². The molecule has 1 aliphatic rings. The van der Waals surface area contributed by atoms with Gasteiger partial charge >= 0.3 is 0 Å². The molecule has 1 atom stereocenters. The van der Waals surface area contributed by atoms with Crippen molar-refractivity contribution in [2.45, 2.75) is 13.0 Å². The van der Waals surface area contributed by atoms with E-state index < -0.39 is 11.8 Å². The molecule has 30 heavy (non-hydrogen) atoms. The molecule has 1 aliphatic heterocycles. The molecule has 1 saturated heterocycles. The zero-order valence-corrected chi connectivity index (χ0v) is 16.3. The normalized spacial score (nSPS) is 17.4. The van der Waals surface area contributed by atoms with Crippen molar-refractivity contribution in [3.05, 3.63) is 54.1 Å². The number of morpholine rings is 1. The molecule has 4 rings (SSSR count). The molecule has 7 nitrogen and oxygen atoms in total. The second kappa shape index (κ2) is 8.11. The number of aromatic nitrogens is 3. The number of pyridine rings is 3. The highest BCUT2D eigenvalue weighted by molar-refractivity contribution is 6.01.